The summed E-state index contributed by atoms with van der Waals surface area (Å²) in [5.41, 5.74) is 3.38. The fraction of sp³-hybridized carbons (Fsp3) is 0.348. The number of nitrogens with one attached hydrogen (secondary N) is 2. The van der Waals surface area contributed by atoms with Crippen molar-refractivity contribution in [3.8, 4) is 0 Å². The fourth-order valence-corrected chi connectivity index (χ4v) is 5.12. The third-order valence-corrected chi connectivity index (χ3v) is 6.63. The number of rotatable bonds is 6. The van der Waals surface area contributed by atoms with Crippen molar-refractivity contribution in [3.63, 3.8) is 0 Å². The van der Waals surface area contributed by atoms with E-state index in [0.29, 0.717) is 35.0 Å². The van der Waals surface area contributed by atoms with Crippen LogP contribution >= 0.6 is 11.5 Å². The van der Waals surface area contributed by atoms with Crippen molar-refractivity contribution in [1.29, 1.82) is 0 Å². The van der Waals surface area contributed by atoms with E-state index in [9.17, 15) is 13.6 Å². The van der Waals surface area contributed by atoms with Crippen LogP contribution in [-0.2, 0) is 0 Å². The van der Waals surface area contributed by atoms with Crippen LogP contribution in [0.4, 0.5) is 20.2 Å². The van der Waals surface area contributed by atoms with Gasteiger partial charge >= 0.3 is 0 Å². The first-order valence-electron chi connectivity index (χ1n) is 10.9. The number of imidazole rings is 1. The van der Waals surface area contributed by atoms with Gasteiger partial charge in [0.15, 0.2) is 11.5 Å². The minimum absolute atomic E-state index is 0.223. The number of alkyl halides is 1. The smallest absolute Gasteiger partial charge is 0.257 e. The Bertz CT molecular complexity index is 1310. The molecule has 0 saturated carbocycles. The van der Waals surface area contributed by atoms with Crippen molar-refractivity contribution in [2.45, 2.75) is 25.8 Å². The summed E-state index contributed by atoms with van der Waals surface area (Å²) in [6, 6.07) is 5.32. The maximum Gasteiger partial charge on any atom is 0.257 e. The number of carbonyl (C=O) groups is 1. The van der Waals surface area contributed by atoms with Crippen LogP contribution in [0.2, 0.25) is 0 Å². The quantitative estimate of drug-likeness (QED) is 0.442. The third-order valence-electron chi connectivity index (χ3n) is 6.00. The molecule has 1 amide bonds. The molecule has 0 aliphatic carbocycles. The Morgan fingerprint density at radius 1 is 1.27 bits per heavy atom. The summed E-state index contributed by atoms with van der Waals surface area (Å²) in [6.45, 7) is 3.53. The number of aromatic nitrogens is 3. The molecule has 7 nitrogen and oxygen atoms in total. The predicted molar refractivity (Wildman–Crippen MR) is 127 cm³/mol. The standard InChI is InChI=1S/C23H24F2N6OS/c1-14-11-31-12-16(10-19(25)22(31)27-14)28-23(32)17-2-3-20(18-13-33-29-21(17)18)30-8-4-15(5-9-30)26-7-6-24/h2-3,10-13,15,26H,4-9H2,1H3,(H,28,32). The van der Waals surface area contributed by atoms with E-state index in [4.69, 9.17) is 0 Å². The van der Waals surface area contributed by atoms with Crippen molar-refractivity contribution in [2.75, 3.05) is 36.5 Å². The molecule has 172 valence electrons. The molecule has 0 bridgehead atoms. The van der Waals surface area contributed by atoms with E-state index >= 15 is 0 Å². The molecule has 0 spiro atoms. The Kier molecular flexibility index (Phi) is 5.94. The molecule has 1 saturated heterocycles. The number of aryl methyl sites for hydroxylation is 1. The van der Waals surface area contributed by atoms with Gasteiger partial charge in [-0.05, 0) is 43.4 Å². The minimum Gasteiger partial charge on any atom is -0.371 e. The molecule has 3 aromatic heterocycles. The molecule has 1 aliphatic rings. The lowest BCUT2D eigenvalue weighted by Gasteiger charge is -2.34. The van der Waals surface area contributed by atoms with E-state index < -0.39 is 5.82 Å². The number of pyridine rings is 1. The highest BCUT2D eigenvalue weighted by Crippen LogP contribution is 2.32. The summed E-state index contributed by atoms with van der Waals surface area (Å²) in [4.78, 5) is 19.5. The average Bonchev–Trinajstić information content (AvgIpc) is 3.44. The number of fused-ring (bicyclic) bond motifs is 2. The molecule has 1 fully saturated rings. The number of halogens is 2. The number of amides is 1. The van der Waals surface area contributed by atoms with Gasteiger partial charge in [-0.1, -0.05) is 0 Å². The molecule has 33 heavy (non-hydrogen) atoms. The SMILES string of the molecule is Cc1cn2cc(NC(=O)c3ccc(N4CCC(NCCF)CC4)c4csnc34)cc(F)c2n1. The normalized spacial score (nSPS) is 14.9. The summed E-state index contributed by atoms with van der Waals surface area (Å²) in [6.07, 6.45) is 5.22. The molecular formula is C23H24F2N6OS. The van der Waals surface area contributed by atoms with Gasteiger partial charge in [-0.15, -0.1) is 0 Å². The maximum absolute atomic E-state index is 14.4. The van der Waals surface area contributed by atoms with Gasteiger partial charge in [0.25, 0.3) is 5.91 Å². The van der Waals surface area contributed by atoms with Gasteiger partial charge in [-0.2, -0.15) is 4.37 Å². The highest BCUT2D eigenvalue weighted by atomic mass is 32.1. The Balaban J connectivity index is 1.37. The lowest BCUT2D eigenvalue weighted by atomic mass is 10.0. The third kappa shape index (κ3) is 4.28. The van der Waals surface area contributed by atoms with Gasteiger partial charge < -0.3 is 19.9 Å². The summed E-state index contributed by atoms with van der Waals surface area (Å²) >= 11 is 1.30. The zero-order valence-corrected chi connectivity index (χ0v) is 19.0. The maximum atomic E-state index is 14.4. The highest BCUT2D eigenvalue weighted by Gasteiger charge is 2.23. The van der Waals surface area contributed by atoms with E-state index in [1.807, 2.05) is 11.4 Å². The number of hydrogen-bond donors (Lipinski definition) is 2. The summed E-state index contributed by atoms with van der Waals surface area (Å²) in [7, 11) is 0. The molecule has 10 heteroatoms. The number of nitrogens with zero attached hydrogens (tertiary/aromatic N) is 4. The lowest BCUT2D eigenvalue weighted by molar-refractivity contribution is 0.102. The molecule has 4 heterocycles. The molecule has 0 atom stereocenters. The van der Waals surface area contributed by atoms with E-state index in [0.717, 1.165) is 37.0 Å². The highest BCUT2D eigenvalue weighted by molar-refractivity contribution is 7.05. The number of benzene rings is 1. The van der Waals surface area contributed by atoms with E-state index in [1.165, 1.54) is 17.6 Å². The minimum atomic E-state index is -0.500. The predicted octanol–water partition coefficient (Wildman–Crippen LogP) is 4.17. The first-order valence-corrected chi connectivity index (χ1v) is 11.7. The van der Waals surface area contributed by atoms with Gasteiger partial charge in [0.1, 0.15) is 6.67 Å². The number of carbonyl (C=O) groups excluding carboxylic acids is 1. The zero-order chi connectivity index (χ0) is 22.9. The van der Waals surface area contributed by atoms with Crippen molar-refractivity contribution >= 4 is 45.4 Å². The van der Waals surface area contributed by atoms with Gasteiger partial charge in [-0.25, -0.2) is 13.8 Å². The molecule has 1 aliphatic heterocycles. The van der Waals surface area contributed by atoms with Gasteiger partial charge in [0, 0.05) is 60.6 Å². The molecule has 5 rings (SSSR count). The van der Waals surface area contributed by atoms with Crippen LogP contribution in [0, 0.1) is 12.7 Å². The van der Waals surface area contributed by atoms with Gasteiger partial charge in [0.2, 0.25) is 0 Å². The molecule has 0 radical (unpaired) electrons. The van der Waals surface area contributed by atoms with Crippen LogP contribution < -0.4 is 15.5 Å². The number of hydrogen-bond acceptors (Lipinski definition) is 6. The van der Waals surface area contributed by atoms with Crippen molar-refractivity contribution in [2.24, 2.45) is 0 Å². The second kappa shape index (κ2) is 9.03. The van der Waals surface area contributed by atoms with Crippen LogP contribution in [0.15, 0.2) is 36.0 Å². The first kappa shape index (κ1) is 21.7. The number of anilines is 2. The van der Waals surface area contributed by atoms with E-state index in [1.54, 1.807) is 29.8 Å². The van der Waals surface area contributed by atoms with Crippen LogP contribution in [0.25, 0.3) is 16.6 Å². The van der Waals surface area contributed by atoms with Crippen LogP contribution in [0.1, 0.15) is 28.9 Å². The van der Waals surface area contributed by atoms with Gasteiger partial charge in [-0.3, -0.25) is 4.79 Å². The molecule has 0 unspecified atom stereocenters. The average molecular weight is 471 g/mol. The second-order valence-electron chi connectivity index (χ2n) is 8.26. The van der Waals surface area contributed by atoms with Crippen molar-refractivity contribution < 1.29 is 13.6 Å². The van der Waals surface area contributed by atoms with Crippen molar-refractivity contribution in [3.05, 3.63) is 53.0 Å². The molecular weight excluding hydrogens is 446 g/mol. The Morgan fingerprint density at radius 3 is 2.88 bits per heavy atom. The van der Waals surface area contributed by atoms with Crippen molar-refractivity contribution in [1.82, 2.24) is 19.1 Å². The van der Waals surface area contributed by atoms with Crippen LogP contribution in [0.5, 0.6) is 0 Å². The Hall–Kier alpha value is -3.11. The van der Waals surface area contributed by atoms with E-state index in [-0.39, 0.29) is 18.2 Å². The summed E-state index contributed by atoms with van der Waals surface area (Å²) in [5, 5.41) is 8.91. The Morgan fingerprint density at radius 2 is 2.09 bits per heavy atom. The molecule has 2 N–H and O–H groups in total. The fourth-order valence-electron chi connectivity index (χ4n) is 4.43. The number of piperidine rings is 1. The first-order chi connectivity index (χ1) is 16.0. The summed E-state index contributed by atoms with van der Waals surface area (Å²) in [5.74, 6) is -0.846. The van der Waals surface area contributed by atoms with Crippen LogP contribution in [-0.4, -0.2) is 52.0 Å². The summed E-state index contributed by atoms with van der Waals surface area (Å²) < 4.78 is 32.9. The van der Waals surface area contributed by atoms with Crippen LogP contribution in [0.3, 0.4) is 0 Å². The zero-order valence-electron chi connectivity index (χ0n) is 18.1. The van der Waals surface area contributed by atoms with E-state index in [2.05, 4.69) is 24.9 Å². The molecule has 4 aromatic rings. The topological polar surface area (TPSA) is 74.6 Å². The second-order valence-corrected chi connectivity index (χ2v) is 8.89. The monoisotopic (exact) mass is 470 g/mol. The Labute approximate surface area is 193 Å². The van der Waals surface area contributed by atoms with Gasteiger partial charge in [0.05, 0.1) is 22.5 Å². The largest absolute Gasteiger partial charge is 0.371 e. The lowest BCUT2D eigenvalue weighted by Crippen LogP contribution is -2.43. The molecule has 1 aromatic carbocycles.